The second-order valence-corrected chi connectivity index (χ2v) is 31.8. The highest BCUT2D eigenvalue weighted by atomic mass is 28.3. The molecule has 3 nitrogen and oxygen atoms in total. The molecule has 0 N–H and O–H groups in total. The monoisotopic (exact) mass is 1040 g/mol. The van der Waals surface area contributed by atoms with Gasteiger partial charge in [-0.25, -0.2) is 17.6 Å². The number of nitrogens with zero attached hydrogens (tertiary/aromatic N) is 3. The summed E-state index contributed by atoms with van der Waals surface area (Å²) in [5.41, 5.74) is 16.7. The van der Waals surface area contributed by atoms with Crippen LogP contribution < -0.4 is 10.4 Å². The molecular weight excluding hydrogens is 979 g/mol. The third-order valence-electron chi connectivity index (χ3n) is 14.2. The van der Waals surface area contributed by atoms with Gasteiger partial charge in [0, 0.05) is 53.0 Å². The molecule has 7 aromatic carbocycles. The van der Waals surface area contributed by atoms with Crippen molar-refractivity contribution in [3.8, 4) is 78.3 Å². The lowest BCUT2D eigenvalue weighted by atomic mass is 9.87. The summed E-state index contributed by atoms with van der Waals surface area (Å²) in [6.45, 7) is 13.7. The number of hydrogen-bond acceptors (Lipinski definition) is 3. The number of hydrogen-bond donors (Lipinski definition) is 0. The van der Waals surface area contributed by atoms with Crippen LogP contribution in [0.3, 0.4) is 0 Å². The van der Waals surface area contributed by atoms with Gasteiger partial charge < -0.3 is 0 Å². The zero-order valence-electron chi connectivity index (χ0n) is 43.7. The highest BCUT2D eigenvalue weighted by molar-refractivity contribution is 6.89. The van der Waals surface area contributed by atoms with Crippen molar-refractivity contribution in [2.45, 2.75) is 65.0 Å². The first-order chi connectivity index (χ1) is 36.6. The van der Waals surface area contributed by atoms with Crippen LogP contribution in [0, 0.1) is 23.3 Å². The van der Waals surface area contributed by atoms with E-state index in [9.17, 15) is 8.78 Å². The van der Waals surface area contributed by atoms with E-state index in [-0.39, 0.29) is 11.1 Å². The average molecular weight is 1040 g/mol. The lowest BCUT2D eigenvalue weighted by molar-refractivity contribution is 0.584. The molecule has 0 spiro atoms. The molecule has 10 rings (SSSR count). The SMILES string of the molecule is C[Si](C)(C)c1cc(-c2ccc(F)cc2F)ncc1CCc1cc(CCc2cnc(-c3ccc(F)cc3F)cc2[Si](C)(C)C)cc(-c2ccccc2-c2cnc(-c3ccccc3)cc2-c2ccc(-c3ccccc3)cc2)c1. The molecule has 0 unspecified atom stereocenters. The van der Waals surface area contributed by atoms with E-state index in [1.165, 1.54) is 34.6 Å². The number of benzene rings is 7. The van der Waals surface area contributed by atoms with Gasteiger partial charge in [0.15, 0.2) is 0 Å². The summed E-state index contributed by atoms with van der Waals surface area (Å²) < 4.78 is 58.2. The molecule has 0 amide bonds. The van der Waals surface area contributed by atoms with Crippen LogP contribution >= 0.6 is 0 Å². The van der Waals surface area contributed by atoms with E-state index in [0.717, 1.165) is 103 Å². The van der Waals surface area contributed by atoms with E-state index in [0.29, 0.717) is 24.2 Å². The molecular formula is C67H59F4N3Si2. The van der Waals surface area contributed by atoms with Crippen molar-refractivity contribution in [2.75, 3.05) is 0 Å². The number of halogens is 4. The Bertz CT molecular complexity index is 3580. The maximum atomic E-state index is 15.1. The van der Waals surface area contributed by atoms with Crippen LogP contribution in [0.1, 0.15) is 22.3 Å². The summed E-state index contributed by atoms with van der Waals surface area (Å²) >= 11 is 0. The Labute approximate surface area is 446 Å². The van der Waals surface area contributed by atoms with Crippen molar-refractivity contribution in [3.05, 3.63) is 246 Å². The van der Waals surface area contributed by atoms with Gasteiger partial charge in [-0.15, -0.1) is 0 Å². The molecule has 0 fully saturated rings. The number of pyridine rings is 3. The van der Waals surface area contributed by atoms with Crippen molar-refractivity contribution in [3.63, 3.8) is 0 Å². The van der Waals surface area contributed by atoms with Gasteiger partial charge in [-0.1, -0.05) is 177 Å². The van der Waals surface area contributed by atoms with Crippen LogP contribution in [-0.4, -0.2) is 31.1 Å². The second-order valence-electron chi connectivity index (χ2n) is 21.7. The molecule has 0 radical (unpaired) electrons. The van der Waals surface area contributed by atoms with Crippen LogP contribution in [0.4, 0.5) is 17.6 Å². The normalized spacial score (nSPS) is 11.8. The fourth-order valence-corrected chi connectivity index (χ4v) is 13.8. The lowest BCUT2D eigenvalue weighted by Crippen LogP contribution is -2.40. The Kier molecular flexibility index (Phi) is 14.8. The van der Waals surface area contributed by atoms with Gasteiger partial charge in [0.05, 0.1) is 33.2 Å². The molecule has 10 aromatic rings. The molecule has 0 aliphatic heterocycles. The molecule has 0 bridgehead atoms. The Morgan fingerprint density at radius 2 is 0.763 bits per heavy atom. The summed E-state index contributed by atoms with van der Waals surface area (Å²) in [4.78, 5) is 14.7. The van der Waals surface area contributed by atoms with Gasteiger partial charge in [-0.2, -0.15) is 0 Å². The molecule has 76 heavy (non-hydrogen) atoms. The van der Waals surface area contributed by atoms with Crippen LogP contribution in [0.25, 0.3) is 78.3 Å². The van der Waals surface area contributed by atoms with Gasteiger partial charge in [-0.3, -0.25) is 15.0 Å². The molecule has 378 valence electrons. The van der Waals surface area contributed by atoms with E-state index in [2.05, 4.69) is 148 Å². The minimum Gasteiger partial charge on any atom is -0.256 e. The van der Waals surface area contributed by atoms with E-state index < -0.39 is 39.4 Å². The van der Waals surface area contributed by atoms with Crippen LogP contribution in [0.2, 0.25) is 39.3 Å². The Morgan fingerprint density at radius 1 is 0.316 bits per heavy atom. The maximum absolute atomic E-state index is 15.1. The minimum absolute atomic E-state index is 0.283. The highest BCUT2D eigenvalue weighted by Gasteiger charge is 2.25. The van der Waals surface area contributed by atoms with Crippen LogP contribution in [0.15, 0.2) is 201 Å². The quantitative estimate of drug-likeness (QED) is 0.0759. The van der Waals surface area contributed by atoms with Crippen molar-refractivity contribution in [2.24, 2.45) is 0 Å². The van der Waals surface area contributed by atoms with Gasteiger partial charge in [0.2, 0.25) is 0 Å². The molecule has 0 atom stereocenters. The largest absolute Gasteiger partial charge is 0.256 e. The smallest absolute Gasteiger partial charge is 0.135 e. The summed E-state index contributed by atoms with van der Waals surface area (Å²) in [6, 6.07) is 58.6. The molecule has 0 aliphatic carbocycles. The fraction of sp³-hybridized carbons (Fsp3) is 0.149. The second kappa shape index (κ2) is 21.8. The Hall–Kier alpha value is -7.86. The standard InChI is InChI=1S/C67H59F4N3Si2/c1-75(2,3)66-39-64(57-31-29-53(68)36-61(57)70)72-41-50(66)23-21-44-33-45(22-24-51-42-73-65(40-67(51)76(4,5)6)58-32-30-54(69)37-62(58)71)35-52(34-44)55-19-13-14-20-56(55)60-43-74-63(49-17-11-8-12-18-49)38-59(60)48-27-25-47(26-28-48)46-15-9-7-10-16-46/h7-20,25-43H,21-24H2,1-6H3. The Morgan fingerprint density at radius 3 is 1.26 bits per heavy atom. The molecule has 0 saturated carbocycles. The number of aromatic nitrogens is 3. The molecule has 0 saturated heterocycles. The third-order valence-corrected chi connectivity index (χ3v) is 18.4. The van der Waals surface area contributed by atoms with E-state index in [4.69, 9.17) is 15.0 Å². The van der Waals surface area contributed by atoms with Gasteiger partial charge >= 0.3 is 0 Å². The van der Waals surface area contributed by atoms with Crippen molar-refractivity contribution < 1.29 is 17.6 Å². The average Bonchev–Trinajstić information content (AvgIpc) is 3.42. The summed E-state index contributed by atoms with van der Waals surface area (Å²) in [5.74, 6) is -2.51. The Balaban J connectivity index is 1.07. The molecule has 0 aliphatic rings. The zero-order valence-corrected chi connectivity index (χ0v) is 45.7. The first-order valence-corrected chi connectivity index (χ1v) is 32.9. The van der Waals surface area contributed by atoms with Crippen molar-refractivity contribution in [1.82, 2.24) is 15.0 Å². The first-order valence-electron chi connectivity index (χ1n) is 25.9. The summed E-state index contributed by atoms with van der Waals surface area (Å²) in [5, 5.41) is 2.38. The zero-order chi connectivity index (χ0) is 53.1. The maximum Gasteiger partial charge on any atom is 0.135 e. The lowest BCUT2D eigenvalue weighted by Gasteiger charge is -2.23. The minimum atomic E-state index is -1.99. The van der Waals surface area contributed by atoms with Gasteiger partial charge in [-0.05, 0) is 129 Å². The summed E-state index contributed by atoms with van der Waals surface area (Å²) in [6.07, 6.45) is 8.66. The van der Waals surface area contributed by atoms with Gasteiger partial charge in [0.25, 0.3) is 0 Å². The van der Waals surface area contributed by atoms with Gasteiger partial charge in [0.1, 0.15) is 23.3 Å². The number of rotatable bonds is 15. The van der Waals surface area contributed by atoms with E-state index in [1.54, 1.807) is 0 Å². The van der Waals surface area contributed by atoms with Crippen LogP contribution in [0.5, 0.6) is 0 Å². The molecule has 9 heteroatoms. The third kappa shape index (κ3) is 11.5. The van der Waals surface area contributed by atoms with Crippen molar-refractivity contribution >= 4 is 26.5 Å². The van der Waals surface area contributed by atoms with E-state index >= 15 is 8.78 Å². The topological polar surface area (TPSA) is 38.7 Å². The fourth-order valence-electron chi connectivity index (χ4n) is 10.3. The molecule has 3 heterocycles. The molecule has 3 aromatic heterocycles. The number of aryl methyl sites for hydroxylation is 4. The highest BCUT2D eigenvalue weighted by Crippen LogP contribution is 2.41. The first kappa shape index (κ1) is 51.6. The summed E-state index contributed by atoms with van der Waals surface area (Å²) in [7, 11) is -3.99. The van der Waals surface area contributed by atoms with E-state index in [1.807, 2.05) is 55.0 Å². The predicted molar refractivity (Wildman–Crippen MR) is 311 cm³/mol. The van der Waals surface area contributed by atoms with Crippen molar-refractivity contribution in [1.29, 1.82) is 0 Å². The van der Waals surface area contributed by atoms with Crippen LogP contribution in [-0.2, 0) is 25.7 Å². The predicted octanol–water partition coefficient (Wildman–Crippen LogP) is 16.8.